The quantitative estimate of drug-likeness (QED) is 0.745. The number of hydrogen-bond donors (Lipinski definition) is 3. The van der Waals surface area contributed by atoms with Gasteiger partial charge in [0.1, 0.15) is 0 Å². The number of alkyl halides is 3. The minimum Gasteiger partial charge on any atom is -0.481 e. The lowest BCUT2D eigenvalue weighted by Crippen LogP contribution is -2.45. The second-order valence-corrected chi connectivity index (χ2v) is 5.96. The molecule has 1 rings (SSSR count). The van der Waals surface area contributed by atoms with Gasteiger partial charge in [-0.25, -0.2) is 4.79 Å². The molecule has 0 aromatic heterocycles. The summed E-state index contributed by atoms with van der Waals surface area (Å²) in [7, 11) is 0. The van der Waals surface area contributed by atoms with Gasteiger partial charge in [-0.3, -0.25) is 4.79 Å². The Morgan fingerprint density at radius 2 is 1.87 bits per heavy atom. The molecule has 2 amide bonds. The van der Waals surface area contributed by atoms with Gasteiger partial charge < -0.3 is 15.7 Å². The van der Waals surface area contributed by atoms with Gasteiger partial charge >= 0.3 is 18.2 Å². The highest BCUT2D eigenvalue weighted by Gasteiger charge is 2.31. The van der Waals surface area contributed by atoms with Crippen molar-refractivity contribution >= 4 is 29.3 Å². The Kier molecular flexibility index (Phi) is 5.87. The zero-order valence-electron chi connectivity index (χ0n) is 12.4. The molecule has 0 aliphatic rings. The number of amides is 2. The van der Waals surface area contributed by atoms with Crippen molar-refractivity contribution in [3.05, 3.63) is 28.8 Å². The first kappa shape index (κ1) is 19.1. The second-order valence-electron chi connectivity index (χ2n) is 5.55. The van der Waals surface area contributed by atoms with Crippen molar-refractivity contribution in [1.29, 1.82) is 0 Å². The van der Waals surface area contributed by atoms with Gasteiger partial charge in [-0.05, 0) is 38.5 Å². The second kappa shape index (κ2) is 7.08. The Labute approximate surface area is 135 Å². The smallest absolute Gasteiger partial charge is 0.416 e. The van der Waals surface area contributed by atoms with E-state index in [0.29, 0.717) is 6.07 Å². The lowest BCUT2D eigenvalue weighted by Gasteiger charge is -2.25. The summed E-state index contributed by atoms with van der Waals surface area (Å²) < 4.78 is 37.6. The van der Waals surface area contributed by atoms with Crippen molar-refractivity contribution in [2.24, 2.45) is 0 Å². The van der Waals surface area contributed by atoms with E-state index in [1.807, 2.05) is 0 Å². The van der Waals surface area contributed by atoms with Gasteiger partial charge in [0, 0.05) is 12.0 Å². The van der Waals surface area contributed by atoms with E-state index in [4.69, 9.17) is 16.7 Å². The fourth-order valence-electron chi connectivity index (χ4n) is 1.74. The topological polar surface area (TPSA) is 78.4 Å². The normalized spacial score (nSPS) is 11.9. The summed E-state index contributed by atoms with van der Waals surface area (Å²) in [4.78, 5) is 22.4. The SMILES string of the molecule is CC(C)(CCC(=O)O)NC(=O)Nc1ccc(C(F)(F)F)cc1Cl. The summed E-state index contributed by atoms with van der Waals surface area (Å²) in [5.41, 5.74) is -1.71. The molecule has 9 heteroatoms. The third kappa shape index (κ3) is 6.35. The van der Waals surface area contributed by atoms with Crippen molar-refractivity contribution in [3.8, 4) is 0 Å². The number of carboxylic acid groups (broad SMARTS) is 1. The first-order valence-corrected chi connectivity index (χ1v) is 6.96. The number of anilines is 1. The number of nitrogens with one attached hydrogen (secondary N) is 2. The number of benzene rings is 1. The fourth-order valence-corrected chi connectivity index (χ4v) is 1.96. The van der Waals surface area contributed by atoms with Crippen molar-refractivity contribution < 1.29 is 27.9 Å². The van der Waals surface area contributed by atoms with Gasteiger partial charge in [0.2, 0.25) is 0 Å². The molecular weight excluding hydrogens is 337 g/mol. The number of hydrogen-bond acceptors (Lipinski definition) is 2. The molecule has 0 saturated carbocycles. The molecule has 0 unspecified atom stereocenters. The van der Waals surface area contributed by atoms with Crippen molar-refractivity contribution in [1.82, 2.24) is 5.32 Å². The van der Waals surface area contributed by atoms with Gasteiger partial charge in [-0.1, -0.05) is 11.6 Å². The zero-order chi connectivity index (χ0) is 17.8. The maximum Gasteiger partial charge on any atom is 0.416 e. The van der Waals surface area contributed by atoms with Crippen LogP contribution in [-0.4, -0.2) is 22.6 Å². The monoisotopic (exact) mass is 352 g/mol. The average Bonchev–Trinajstić information content (AvgIpc) is 2.37. The van der Waals surface area contributed by atoms with Crippen LogP contribution >= 0.6 is 11.6 Å². The van der Waals surface area contributed by atoms with Gasteiger partial charge in [-0.2, -0.15) is 13.2 Å². The first-order valence-electron chi connectivity index (χ1n) is 6.58. The van der Waals surface area contributed by atoms with Gasteiger partial charge in [0.25, 0.3) is 0 Å². The average molecular weight is 353 g/mol. The Hall–Kier alpha value is -1.96. The lowest BCUT2D eigenvalue weighted by molar-refractivity contribution is -0.138. The number of carbonyl (C=O) groups excluding carboxylic acids is 1. The fraction of sp³-hybridized carbons (Fsp3) is 0.429. The van der Waals surface area contributed by atoms with Crippen LogP contribution in [0.5, 0.6) is 0 Å². The standard InChI is InChI=1S/C14H16ClF3N2O3/c1-13(2,6-5-11(21)22)20-12(23)19-10-4-3-8(7-9(10)15)14(16,17)18/h3-4,7H,5-6H2,1-2H3,(H,21,22)(H2,19,20,23). The van der Waals surface area contributed by atoms with Crippen LogP contribution in [-0.2, 0) is 11.0 Å². The minimum absolute atomic E-state index is 0.0196. The van der Waals surface area contributed by atoms with Crippen LogP contribution in [0.15, 0.2) is 18.2 Å². The highest BCUT2D eigenvalue weighted by Crippen LogP contribution is 2.33. The van der Waals surface area contributed by atoms with E-state index >= 15 is 0 Å². The minimum atomic E-state index is -4.52. The van der Waals surface area contributed by atoms with Crippen LogP contribution in [0.4, 0.5) is 23.7 Å². The van der Waals surface area contributed by atoms with Crippen LogP contribution in [0.2, 0.25) is 5.02 Å². The predicted molar refractivity (Wildman–Crippen MR) is 79.6 cm³/mol. The molecule has 5 nitrogen and oxygen atoms in total. The molecule has 23 heavy (non-hydrogen) atoms. The number of carboxylic acids is 1. The number of urea groups is 1. The van der Waals surface area contributed by atoms with Crippen molar-refractivity contribution in [2.75, 3.05) is 5.32 Å². The summed E-state index contributed by atoms with van der Waals surface area (Å²) in [6.07, 6.45) is -4.46. The molecule has 0 aliphatic heterocycles. The third-order valence-corrected chi connectivity index (χ3v) is 3.27. The van der Waals surface area contributed by atoms with E-state index in [-0.39, 0.29) is 23.6 Å². The van der Waals surface area contributed by atoms with Gasteiger partial charge in [0.05, 0.1) is 16.3 Å². The maximum atomic E-state index is 12.5. The zero-order valence-corrected chi connectivity index (χ0v) is 13.2. The molecule has 0 fully saturated rings. The molecule has 128 valence electrons. The van der Waals surface area contributed by atoms with Crippen LogP contribution < -0.4 is 10.6 Å². The van der Waals surface area contributed by atoms with E-state index in [0.717, 1.165) is 12.1 Å². The molecule has 3 N–H and O–H groups in total. The van der Waals surface area contributed by atoms with E-state index < -0.39 is 29.3 Å². The Balaban J connectivity index is 2.73. The third-order valence-electron chi connectivity index (χ3n) is 2.96. The van der Waals surface area contributed by atoms with Gasteiger partial charge in [0.15, 0.2) is 0 Å². The number of rotatable bonds is 5. The highest BCUT2D eigenvalue weighted by atomic mass is 35.5. The molecule has 0 bridgehead atoms. The summed E-state index contributed by atoms with van der Waals surface area (Å²) in [6.45, 7) is 3.26. The van der Waals surface area contributed by atoms with Gasteiger partial charge in [-0.15, -0.1) is 0 Å². The molecule has 0 heterocycles. The van der Waals surface area contributed by atoms with E-state index in [2.05, 4.69) is 10.6 Å². The molecule has 0 saturated heterocycles. The Morgan fingerprint density at radius 1 is 1.26 bits per heavy atom. The van der Waals surface area contributed by atoms with Crippen LogP contribution in [0, 0.1) is 0 Å². The molecule has 0 radical (unpaired) electrons. The Bertz CT molecular complexity index is 603. The summed E-state index contributed by atoms with van der Waals surface area (Å²) >= 11 is 5.73. The molecule has 1 aromatic carbocycles. The van der Waals surface area contributed by atoms with E-state index in [1.54, 1.807) is 13.8 Å². The number of halogens is 4. The number of carbonyl (C=O) groups is 2. The van der Waals surface area contributed by atoms with Crippen LogP contribution in [0.3, 0.4) is 0 Å². The largest absolute Gasteiger partial charge is 0.481 e. The molecule has 0 spiro atoms. The highest BCUT2D eigenvalue weighted by molar-refractivity contribution is 6.33. The Morgan fingerprint density at radius 3 is 2.35 bits per heavy atom. The summed E-state index contributed by atoms with van der Waals surface area (Å²) in [5, 5.41) is 13.3. The molecule has 0 aliphatic carbocycles. The van der Waals surface area contributed by atoms with Crippen LogP contribution in [0.25, 0.3) is 0 Å². The van der Waals surface area contributed by atoms with Crippen molar-refractivity contribution in [3.63, 3.8) is 0 Å². The molecular formula is C14H16ClF3N2O3. The lowest BCUT2D eigenvalue weighted by atomic mass is 9.99. The van der Waals surface area contributed by atoms with E-state index in [9.17, 15) is 22.8 Å². The molecule has 1 aromatic rings. The van der Waals surface area contributed by atoms with E-state index in [1.165, 1.54) is 0 Å². The number of aliphatic carboxylic acids is 1. The predicted octanol–water partition coefficient (Wildman–Crippen LogP) is 4.12. The van der Waals surface area contributed by atoms with Crippen molar-refractivity contribution in [2.45, 2.75) is 38.4 Å². The first-order chi connectivity index (χ1) is 10.4. The molecule has 0 atom stereocenters. The maximum absolute atomic E-state index is 12.5. The summed E-state index contributed by atoms with van der Waals surface area (Å²) in [5.74, 6) is -0.994. The van der Waals surface area contributed by atoms with Crippen LogP contribution in [0.1, 0.15) is 32.3 Å². The summed E-state index contributed by atoms with van der Waals surface area (Å²) in [6, 6.07) is 1.88.